The predicted molar refractivity (Wildman–Crippen MR) is 141 cm³/mol. The Morgan fingerprint density at radius 1 is 1.05 bits per heavy atom. The van der Waals surface area contributed by atoms with Crippen molar-refractivity contribution in [2.24, 2.45) is 0 Å². The minimum atomic E-state index is -1.48. The molecule has 192 valence electrons. The summed E-state index contributed by atoms with van der Waals surface area (Å²) in [6.45, 7) is 4.27. The van der Waals surface area contributed by atoms with Gasteiger partial charge >= 0.3 is 0 Å². The van der Waals surface area contributed by atoms with Crippen molar-refractivity contribution in [1.82, 2.24) is 5.32 Å². The van der Waals surface area contributed by atoms with E-state index in [2.05, 4.69) is 10.6 Å². The number of hydrogen-bond acceptors (Lipinski definition) is 6. The number of para-hydroxylation sites is 1. The second-order valence-corrected chi connectivity index (χ2v) is 10.0. The zero-order valence-electron chi connectivity index (χ0n) is 20.2. The Balaban J connectivity index is 1.50. The Kier molecular flexibility index (Phi) is 6.74. The highest BCUT2D eigenvalue weighted by Gasteiger charge is 2.67. The lowest BCUT2D eigenvalue weighted by atomic mass is 9.78. The summed E-state index contributed by atoms with van der Waals surface area (Å²) in [5, 5.41) is 19.7. The van der Waals surface area contributed by atoms with Crippen LogP contribution < -0.4 is 20.1 Å². The van der Waals surface area contributed by atoms with Gasteiger partial charge in [0.1, 0.15) is 6.61 Å². The van der Waals surface area contributed by atoms with Gasteiger partial charge in [-0.1, -0.05) is 53.5 Å². The van der Waals surface area contributed by atoms with Crippen LogP contribution >= 0.6 is 23.2 Å². The number of ether oxygens (including phenoxy) is 2. The molecule has 2 heterocycles. The summed E-state index contributed by atoms with van der Waals surface area (Å²) in [5.41, 5.74) is 1.12. The van der Waals surface area contributed by atoms with Crippen LogP contribution in [0.15, 0.2) is 60.7 Å². The summed E-state index contributed by atoms with van der Waals surface area (Å²) < 4.78 is 11.9. The maximum atomic E-state index is 13.2. The summed E-state index contributed by atoms with van der Waals surface area (Å²) in [6.07, 6.45) is 0. The third-order valence-corrected chi connectivity index (χ3v) is 7.60. The van der Waals surface area contributed by atoms with Crippen molar-refractivity contribution in [3.63, 3.8) is 0 Å². The topological polar surface area (TPSA) is 103 Å². The Bertz CT molecular complexity index is 1380. The van der Waals surface area contributed by atoms with Crippen molar-refractivity contribution < 1.29 is 19.2 Å². The lowest BCUT2D eigenvalue weighted by Gasteiger charge is -2.25. The second-order valence-electron chi connectivity index (χ2n) is 9.16. The standard InChI is InChI=1S/C27H25Cl2N3O5/c1-3-36-23-12-16(9-11-22(23)37-14-17-8-10-18(28)13-20(17)29)24-15(2)31-27(25(24)32(34)35)19-6-4-5-7-21(19)30-26(27)33/h4-13,15,24-25,31H,3,14H2,1-2H3,(H,30,33)/t15-,24-,25-,27-/m0/s1. The highest BCUT2D eigenvalue weighted by molar-refractivity contribution is 6.35. The SMILES string of the molecule is CCOc1cc([C@@H]2[C@H](C)N[C@]3(C(=O)Nc4ccccc43)[C@H]2[N+](=O)[O-])ccc1OCc1ccc(Cl)cc1Cl. The van der Waals surface area contributed by atoms with Gasteiger partial charge in [-0.2, -0.15) is 0 Å². The molecule has 0 radical (unpaired) electrons. The van der Waals surface area contributed by atoms with Crippen LogP contribution in [0.2, 0.25) is 10.0 Å². The molecule has 2 aliphatic rings. The van der Waals surface area contributed by atoms with Gasteiger partial charge in [0.25, 0.3) is 11.9 Å². The van der Waals surface area contributed by atoms with E-state index in [0.29, 0.717) is 45.0 Å². The molecule has 4 atom stereocenters. The van der Waals surface area contributed by atoms with E-state index in [1.807, 2.05) is 13.8 Å². The van der Waals surface area contributed by atoms with E-state index >= 15 is 0 Å². The third kappa shape index (κ3) is 4.29. The lowest BCUT2D eigenvalue weighted by Crippen LogP contribution is -2.54. The first-order chi connectivity index (χ1) is 17.8. The van der Waals surface area contributed by atoms with Gasteiger partial charge in [-0.25, -0.2) is 0 Å². The van der Waals surface area contributed by atoms with Gasteiger partial charge in [-0.05, 0) is 49.7 Å². The number of fused-ring (bicyclic) bond motifs is 2. The molecule has 3 aromatic rings. The molecule has 1 amide bonds. The van der Waals surface area contributed by atoms with Crippen molar-refractivity contribution >= 4 is 34.8 Å². The van der Waals surface area contributed by atoms with Crippen LogP contribution in [0, 0.1) is 10.1 Å². The van der Waals surface area contributed by atoms with Crippen LogP contribution in [0.1, 0.15) is 36.5 Å². The highest BCUT2D eigenvalue weighted by atomic mass is 35.5. The van der Waals surface area contributed by atoms with Crippen LogP contribution in [-0.2, 0) is 16.9 Å². The maximum Gasteiger partial charge on any atom is 0.256 e. The van der Waals surface area contributed by atoms with Crippen LogP contribution in [0.4, 0.5) is 5.69 Å². The van der Waals surface area contributed by atoms with Crippen molar-refractivity contribution in [3.8, 4) is 11.5 Å². The number of amides is 1. The molecular weight excluding hydrogens is 517 g/mol. The van der Waals surface area contributed by atoms with E-state index < -0.39 is 23.4 Å². The Morgan fingerprint density at radius 2 is 1.84 bits per heavy atom. The van der Waals surface area contributed by atoms with Gasteiger partial charge in [0.05, 0.1) is 12.5 Å². The maximum absolute atomic E-state index is 13.2. The quantitative estimate of drug-likeness (QED) is 0.300. The van der Waals surface area contributed by atoms with Gasteiger partial charge in [0.15, 0.2) is 17.0 Å². The van der Waals surface area contributed by atoms with Crippen molar-refractivity contribution in [1.29, 1.82) is 0 Å². The Morgan fingerprint density at radius 3 is 2.57 bits per heavy atom. The molecular formula is C27H25Cl2N3O5. The molecule has 0 saturated carbocycles. The summed E-state index contributed by atoms with van der Waals surface area (Å²) in [7, 11) is 0. The molecule has 10 heteroatoms. The molecule has 1 spiro atoms. The van der Waals surface area contributed by atoms with E-state index in [-0.39, 0.29) is 17.6 Å². The number of halogens is 2. The molecule has 0 bridgehead atoms. The number of carbonyl (C=O) groups is 1. The smallest absolute Gasteiger partial charge is 0.256 e. The summed E-state index contributed by atoms with van der Waals surface area (Å²) in [6, 6.07) is 15.9. The van der Waals surface area contributed by atoms with Gasteiger partial charge in [0.2, 0.25) is 0 Å². The van der Waals surface area contributed by atoms with E-state index in [1.54, 1.807) is 60.7 Å². The first-order valence-corrected chi connectivity index (χ1v) is 12.7. The van der Waals surface area contributed by atoms with Crippen LogP contribution in [0.25, 0.3) is 0 Å². The van der Waals surface area contributed by atoms with Crippen molar-refractivity contribution in [2.75, 3.05) is 11.9 Å². The van der Waals surface area contributed by atoms with Gasteiger partial charge in [-0.3, -0.25) is 20.2 Å². The second kappa shape index (κ2) is 9.85. The van der Waals surface area contributed by atoms with Crippen LogP contribution in [0.3, 0.4) is 0 Å². The number of nitrogens with one attached hydrogen (secondary N) is 2. The average Bonchev–Trinajstić information content (AvgIpc) is 3.33. The fourth-order valence-corrected chi connectivity index (χ4v) is 5.93. The summed E-state index contributed by atoms with van der Waals surface area (Å²) in [4.78, 5) is 25.4. The zero-order chi connectivity index (χ0) is 26.3. The van der Waals surface area contributed by atoms with E-state index in [0.717, 1.165) is 5.56 Å². The fourth-order valence-electron chi connectivity index (χ4n) is 5.47. The van der Waals surface area contributed by atoms with Crippen LogP contribution in [0.5, 0.6) is 11.5 Å². The van der Waals surface area contributed by atoms with Crippen molar-refractivity contribution in [2.45, 2.75) is 44.0 Å². The van der Waals surface area contributed by atoms with Gasteiger partial charge in [-0.15, -0.1) is 0 Å². The molecule has 2 N–H and O–H groups in total. The van der Waals surface area contributed by atoms with E-state index in [9.17, 15) is 14.9 Å². The molecule has 0 aromatic heterocycles. The number of nitro groups is 1. The van der Waals surface area contributed by atoms with E-state index in [1.165, 1.54) is 0 Å². The molecule has 5 rings (SSSR count). The first-order valence-electron chi connectivity index (χ1n) is 11.9. The van der Waals surface area contributed by atoms with E-state index in [4.69, 9.17) is 32.7 Å². The largest absolute Gasteiger partial charge is 0.490 e. The Hall–Kier alpha value is -3.33. The molecule has 2 aliphatic heterocycles. The molecule has 3 aromatic carbocycles. The number of benzene rings is 3. The minimum absolute atomic E-state index is 0.189. The summed E-state index contributed by atoms with van der Waals surface area (Å²) in [5.74, 6) is -0.0939. The minimum Gasteiger partial charge on any atom is -0.490 e. The summed E-state index contributed by atoms with van der Waals surface area (Å²) >= 11 is 12.3. The zero-order valence-corrected chi connectivity index (χ0v) is 21.7. The third-order valence-electron chi connectivity index (χ3n) is 7.01. The fraction of sp³-hybridized carbons (Fsp3) is 0.296. The molecule has 1 saturated heterocycles. The molecule has 8 nitrogen and oxygen atoms in total. The number of anilines is 1. The highest BCUT2D eigenvalue weighted by Crippen LogP contribution is 2.50. The number of rotatable bonds is 7. The van der Waals surface area contributed by atoms with Gasteiger partial charge in [0, 0.05) is 37.8 Å². The molecule has 0 unspecified atom stereocenters. The average molecular weight is 542 g/mol. The molecule has 1 fully saturated rings. The molecule has 37 heavy (non-hydrogen) atoms. The number of nitrogens with zero attached hydrogens (tertiary/aromatic N) is 1. The van der Waals surface area contributed by atoms with Gasteiger partial charge < -0.3 is 14.8 Å². The molecule has 0 aliphatic carbocycles. The van der Waals surface area contributed by atoms with Crippen molar-refractivity contribution in [3.05, 3.63) is 97.5 Å². The first kappa shape index (κ1) is 25.3. The van der Waals surface area contributed by atoms with Crippen LogP contribution in [-0.4, -0.2) is 29.5 Å². The predicted octanol–water partition coefficient (Wildman–Crippen LogP) is 5.54. The monoisotopic (exact) mass is 541 g/mol. The normalized spacial score (nSPS) is 24.1. The Labute approximate surface area is 224 Å². The number of carbonyl (C=O) groups excluding carboxylic acids is 1. The number of hydrogen-bond donors (Lipinski definition) is 2. The lowest BCUT2D eigenvalue weighted by molar-refractivity contribution is -0.532.